The molecule has 0 saturated heterocycles. The standard InChI is InChI=1S/C27H26IN3O8S/c1-5-7-18-22(26(34)39-6-2)23(16-13-15(37-3)8-9-20(16)38-4)30-25(33)21(40-27(30)29-18)12-14-10-17(28)24(32)19(11-14)31(35)36/h8-13,23,32H,5-7H2,1-4H3/b21-12-/t23-/m0/s1. The predicted molar refractivity (Wildman–Crippen MR) is 157 cm³/mol. The van der Waals surface area contributed by atoms with Crippen LogP contribution in [-0.4, -0.2) is 41.4 Å². The highest BCUT2D eigenvalue weighted by atomic mass is 127. The highest BCUT2D eigenvalue weighted by Gasteiger charge is 2.36. The van der Waals surface area contributed by atoms with Gasteiger partial charge in [0.05, 0.1) is 45.1 Å². The first-order valence-corrected chi connectivity index (χ1v) is 14.1. The van der Waals surface area contributed by atoms with Gasteiger partial charge < -0.3 is 19.3 Å². The Labute approximate surface area is 246 Å². The molecule has 0 radical (unpaired) electrons. The van der Waals surface area contributed by atoms with Crippen molar-refractivity contribution >= 4 is 51.7 Å². The average molecular weight is 679 g/mol. The summed E-state index contributed by atoms with van der Waals surface area (Å²) in [5.74, 6) is -0.107. The van der Waals surface area contributed by atoms with E-state index >= 15 is 0 Å². The molecule has 0 bridgehead atoms. The van der Waals surface area contributed by atoms with Crippen molar-refractivity contribution in [2.75, 3.05) is 20.8 Å². The second-order valence-corrected chi connectivity index (χ2v) is 10.8. The van der Waals surface area contributed by atoms with Gasteiger partial charge in [0.15, 0.2) is 4.80 Å². The Bertz CT molecular complexity index is 1710. The lowest BCUT2D eigenvalue weighted by Crippen LogP contribution is -2.40. The highest BCUT2D eigenvalue weighted by Crippen LogP contribution is 2.39. The van der Waals surface area contributed by atoms with Gasteiger partial charge in [-0.1, -0.05) is 24.7 Å². The number of thiazole rings is 1. The number of hydrogen-bond donors (Lipinski definition) is 1. The molecule has 40 heavy (non-hydrogen) atoms. The maximum atomic E-state index is 14.0. The van der Waals surface area contributed by atoms with Gasteiger partial charge in [0.2, 0.25) is 5.75 Å². The fraction of sp³-hybridized carbons (Fsp3) is 0.296. The summed E-state index contributed by atoms with van der Waals surface area (Å²) in [6.07, 6.45) is 2.66. The zero-order valence-corrected chi connectivity index (χ0v) is 25.1. The number of ether oxygens (including phenoxy) is 3. The second kappa shape index (κ2) is 12.2. The van der Waals surface area contributed by atoms with Gasteiger partial charge in [0, 0.05) is 11.6 Å². The molecule has 1 atom stereocenters. The number of methoxy groups -OCH3 is 2. The molecule has 0 saturated carbocycles. The number of rotatable bonds is 9. The van der Waals surface area contributed by atoms with Crippen LogP contribution in [0.5, 0.6) is 17.2 Å². The molecular weight excluding hydrogens is 653 g/mol. The molecule has 13 heteroatoms. The van der Waals surface area contributed by atoms with Gasteiger partial charge in [-0.25, -0.2) is 9.79 Å². The number of allylic oxidation sites excluding steroid dienone is 1. The maximum Gasteiger partial charge on any atom is 0.338 e. The Balaban J connectivity index is 2.06. The molecule has 2 aromatic carbocycles. The maximum absolute atomic E-state index is 14.0. The van der Waals surface area contributed by atoms with Crippen molar-refractivity contribution in [2.45, 2.75) is 32.7 Å². The summed E-state index contributed by atoms with van der Waals surface area (Å²) in [6.45, 7) is 3.79. The molecule has 1 aliphatic rings. The normalized spacial score (nSPS) is 14.9. The van der Waals surface area contributed by atoms with Crippen LogP contribution >= 0.6 is 33.9 Å². The van der Waals surface area contributed by atoms with Crippen LogP contribution in [-0.2, 0) is 9.53 Å². The molecule has 0 fully saturated rings. The van der Waals surface area contributed by atoms with E-state index < -0.39 is 33.9 Å². The van der Waals surface area contributed by atoms with Crippen LogP contribution in [0.25, 0.3) is 6.08 Å². The number of benzene rings is 2. The summed E-state index contributed by atoms with van der Waals surface area (Å²) in [7, 11) is 3.01. The van der Waals surface area contributed by atoms with E-state index in [1.165, 1.54) is 37.0 Å². The Morgan fingerprint density at radius 1 is 1.25 bits per heavy atom. The largest absolute Gasteiger partial charge is 0.501 e. The third kappa shape index (κ3) is 5.47. The van der Waals surface area contributed by atoms with Crippen molar-refractivity contribution in [3.8, 4) is 17.2 Å². The van der Waals surface area contributed by atoms with Crippen molar-refractivity contribution < 1.29 is 29.0 Å². The minimum Gasteiger partial charge on any atom is -0.501 e. The number of fused-ring (bicyclic) bond motifs is 1. The molecule has 0 amide bonds. The molecule has 1 aromatic heterocycles. The van der Waals surface area contributed by atoms with Gasteiger partial charge in [-0.3, -0.25) is 19.5 Å². The van der Waals surface area contributed by atoms with E-state index in [2.05, 4.69) is 0 Å². The molecule has 0 unspecified atom stereocenters. The summed E-state index contributed by atoms with van der Waals surface area (Å²) < 4.78 is 18.4. The van der Waals surface area contributed by atoms with Crippen molar-refractivity contribution in [1.82, 2.24) is 4.57 Å². The van der Waals surface area contributed by atoms with E-state index in [0.717, 1.165) is 11.3 Å². The topological polar surface area (TPSA) is 142 Å². The summed E-state index contributed by atoms with van der Waals surface area (Å²) in [5, 5.41) is 21.5. The third-order valence-corrected chi connectivity index (χ3v) is 7.99. The molecule has 210 valence electrons. The molecule has 3 aromatic rings. The first-order chi connectivity index (χ1) is 19.1. The number of esters is 1. The van der Waals surface area contributed by atoms with Gasteiger partial charge in [0.1, 0.15) is 17.5 Å². The summed E-state index contributed by atoms with van der Waals surface area (Å²) in [5.41, 5.74) is 0.660. The molecular formula is C27H26IN3O8S. The molecule has 1 aliphatic heterocycles. The number of nitro groups is 1. The summed E-state index contributed by atoms with van der Waals surface area (Å²) in [6, 6.07) is 6.93. The Morgan fingerprint density at radius 3 is 2.62 bits per heavy atom. The van der Waals surface area contributed by atoms with Crippen LogP contribution in [0.2, 0.25) is 0 Å². The fourth-order valence-corrected chi connectivity index (χ4v) is 6.10. The monoisotopic (exact) mass is 679 g/mol. The number of carbonyl (C=O) groups is 1. The Morgan fingerprint density at radius 2 is 2.00 bits per heavy atom. The SMILES string of the molecule is CCCC1=C(C(=O)OCC)[C@H](c2cc(OC)ccc2OC)n2c(s/c(=C\c3cc(I)c(O)c([N+](=O)[O-])c3)c2=O)=N1. The van der Waals surface area contributed by atoms with Gasteiger partial charge in [0.25, 0.3) is 5.56 Å². The van der Waals surface area contributed by atoms with Gasteiger partial charge in [-0.2, -0.15) is 0 Å². The van der Waals surface area contributed by atoms with Crippen LogP contribution in [0.4, 0.5) is 5.69 Å². The second-order valence-electron chi connectivity index (χ2n) is 8.65. The van der Waals surface area contributed by atoms with Gasteiger partial charge in [-0.05, 0) is 71.8 Å². The lowest BCUT2D eigenvalue weighted by Gasteiger charge is -2.27. The van der Waals surface area contributed by atoms with Crippen molar-refractivity contribution in [3.63, 3.8) is 0 Å². The van der Waals surface area contributed by atoms with E-state index in [1.807, 2.05) is 6.92 Å². The zero-order valence-electron chi connectivity index (χ0n) is 22.1. The number of phenols is 1. The number of aromatic hydroxyl groups is 1. The van der Waals surface area contributed by atoms with Crippen molar-refractivity contribution in [3.05, 3.63) is 86.1 Å². The number of hydrogen-bond acceptors (Lipinski definition) is 10. The number of phenolic OH excluding ortho intramolecular Hbond substituents is 1. The lowest BCUT2D eigenvalue weighted by atomic mass is 9.93. The molecule has 2 heterocycles. The molecule has 0 aliphatic carbocycles. The van der Waals surface area contributed by atoms with Crippen LogP contribution in [0.3, 0.4) is 0 Å². The summed E-state index contributed by atoms with van der Waals surface area (Å²) in [4.78, 5) is 43.2. The molecule has 4 rings (SSSR count). The molecule has 0 spiro atoms. The first-order valence-electron chi connectivity index (χ1n) is 12.3. The fourth-order valence-electron chi connectivity index (χ4n) is 4.45. The number of carbonyl (C=O) groups excluding carboxylic acids is 1. The smallest absolute Gasteiger partial charge is 0.338 e. The highest BCUT2D eigenvalue weighted by molar-refractivity contribution is 14.1. The van der Waals surface area contributed by atoms with Crippen LogP contribution < -0.4 is 24.4 Å². The van der Waals surface area contributed by atoms with Gasteiger partial charge in [-0.15, -0.1) is 0 Å². The van der Waals surface area contributed by atoms with Crippen LogP contribution in [0.1, 0.15) is 43.9 Å². The van der Waals surface area contributed by atoms with E-state index in [4.69, 9.17) is 19.2 Å². The number of halogens is 1. The first kappa shape index (κ1) is 29.3. The lowest BCUT2D eigenvalue weighted by molar-refractivity contribution is -0.386. The van der Waals surface area contributed by atoms with E-state index in [-0.39, 0.29) is 20.3 Å². The average Bonchev–Trinajstić information content (AvgIpc) is 3.23. The quantitative estimate of drug-likeness (QED) is 0.156. The Hall–Kier alpha value is -3.72. The van der Waals surface area contributed by atoms with E-state index in [9.17, 15) is 24.8 Å². The van der Waals surface area contributed by atoms with E-state index in [0.29, 0.717) is 46.0 Å². The minimum atomic E-state index is -0.932. The minimum absolute atomic E-state index is 0.131. The van der Waals surface area contributed by atoms with Gasteiger partial charge >= 0.3 is 11.7 Å². The number of aromatic nitrogens is 1. The van der Waals surface area contributed by atoms with E-state index in [1.54, 1.807) is 47.7 Å². The predicted octanol–water partition coefficient (Wildman–Crippen LogP) is 3.81. The Kier molecular flexibility index (Phi) is 8.93. The zero-order chi connectivity index (χ0) is 29.1. The van der Waals surface area contributed by atoms with Crippen molar-refractivity contribution in [2.24, 2.45) is 4.99 Å². The third-order valence-electron chi connectivity index (χ3n) is 6.18. The number of nitrogens with zero attached hydrogens (tertiary/aromatic N) is 3. The molecule has 11 nitrogen and oxygen atoms in total. The van der Waals surface area contributed by atoms with Crippen LogP contribution in [0.15, 0.2) is 51.4 Å². The summed E-state index contributed by atoms with van der Waals surface area (Å²) >= 11 is 2.89. The van der Waals surface area contributed by atoms with Crippen LogP contribution in [0, 0.1) is 13.7 Å². The molecule has 1 N–H and O–H groups in total. The van der Waals surface area contributed by atoms with Crippen molar-refractivity contribution in [1.29, 1.82) is 0 Å². The number of nitro benzene ring substituents is 1.